The van der Waals surface area contributed by atoms with Crippen LogP contribution in [-0.2, 0) is 18.6 Å². The maximum atomic E-state index is 13.3. The van der Waals surface area contributed by atoms with Gasteiger partial charge in [0.25, 0.3) is 0 Å². The summed E-state index contributed by atoms with van der Waals surface area (Å²) in [4.78, 5) is 16.9. The zero-order valence-electron chi connectivity index (χ0n) is 19.2. The Morgan fingerprint density at radius 3 is 2.48 bits per heavy atom. The molecule has 2 N–H and O–H groups in total. The van der Waals surface area contributed by atoms with Crippen LogP contribution in [0.3, 0.4) is 0 Å². The average molecular weight is 458 g/mol. The second-order valence-electron chi connectivity index (χ2n) is 8.91. The SMILES string of the molecule is COc1cc(C(F)(F)F)cc(C)c1-c1nc2nc(Nc3cc[nH]c3C(C)(C)C)cnc2n1C. The van der Waals surface area contributed by atoms with Crippen molar-refractivity contribution in [1.29, 1.82) is 0 Å². The van der Waals surface area contributed by atoms with Gasteiger partial charge in [0.2, 0.25) is 0 Å². The van der Waals surface area contributed by atoms with Gasteiger partial charge in [0.1, 0.15) is 11.6 Å². The highest BCUT2D eigenvalue weighted by Gasteiger charge is 2.33. The summed E-state index contributed by atoms with van der Waals surface area (Å²) in [5.41, 5.74) is 2.75. The predicted octanol–water partition coefficient (Wildman–Crippen LogP) is 5.74. The summed E-state index contributed by atoms with van der Waals surface area (Å²) >= 11 is 0. The van der Waals surface area contributed by atoms with Crippen LogP contribution in [0.2, 0.25) is 0 Å². The molecule has 0 unspecified atom stereocenters. The van der Waals surface area contributed by atoms with Crippen LogP contribution in [0.1, 0.15) is 37.6 Å². The van der Waals surface area contributed by atoms with Crippen LogP contribution in [0.4, 0.5) is 24.7 Å². The van der Waals surface area contributed by atoms with Gasteiger partial charge in [0.05, 0.1) is 30.1 Å². The van der Waals surface area contributed by atoms with E-state index >= 15 is 0 Å². The van der Waals surface area contributed by atoms with Crippen molar-refractivity contribution in [1.82, 2.24) is 24.5 Å². The topological polar surface area (TPSA) is 80.7 Å². The number of H-pyrrole nitrogens is 1. The molecule has 4 rings (SSSR count). The molecule has 10 heteroatoms. The maximum absolute atomic E-state index is 13.3. The number of anilines is 2. The second kappa shape index (κ2) is 7.79. The lowest BCUT2D eigenvalue weighted by atomic mass is 9.91. The Hall–Kier alpha value is -3.56. The maximum Gasteiger partial charge on any atom is 0.416 e. The number of halogens is 3. The number of aryl methyl sites for hydroxylation is 2. The molecule has 0 amide bonds. The number of hydrogen-bond donors (Lipinski definition) is 2. The van der Waals surface area contributed by atoms with E-state index in [1.165, 1.54) is 7.11 Å². The van der Waals surface area contributed by atoms with Crippen molar-refractivity contribution in [3.8, 4) is 17.1 Å². The number of rotatable bonds is 4. The van der Waals surface area contributed by atoms with Crippen LogP contribution in [0.25, 0.3) is 22.7 Å². The van der Waals surface area contributed by atoms with Gasteiger partial charge in [-0.1, -0.05) is 20.8 Å². The third-order valence-electron chi connectivity index (χ3n) is 5.41. The van der Waals surface area contributed by atoms with E-state index in [0.29, 0.717) is 34.1 Å². The highest BCUT2D eigenvalue weighted by molar-refractivity contribution is 5.79. The van der Waals surface area contributed by atoms with E-state index in [2.05, 4.69) is 46.0 Å². The number of hydrogen-bond acceptors (Lipinski definition) is 5. The van der Waals surface area contributed by atoms with Crippen molar-refractivity contribution in [2.75, 3.05) is 12.4 Å². The Morgan fingerprint density at radius 2 is 1.85 bits per heavy atom. The molecule has 0 aliphatic carbocycles. The molecule has 0 spiro atoms. The van der Waals surface area contributed by atoms with Crippen LogP contribution in [0.15, 0.2) is 30.6 Å². The normalized spacial score (nSPS) is 12.4. The molecule has 0 atom stereocenters. The van der Waals surface area contributed by atoms with Gasteiger partial charge in [0, 0.05) is 24.4 Å². The quantitative estimate of drug-likeness (QED) is 0.408. The van der Waals surface area contributed by atoms with Crippen LogP contribution in [0.5, 0.6) is 5.75 Å². The first-order chi connectivity index (χ1) is 15.4. The molecule has 33 heavy (non-hydrogen) atoms. The van der Waals surface area contributed by atoms with E-state index in [9.17, 15) is 13.2 Å². The van der Waals surface area contributed by atoms with Crippen molar-refractivity contribution >= 4 is 22.8 Å². The second-order valence-corrected chi connectivity index (χ2v) is 8.91. The molecule has 0 saturated carbocycles. The number of alkyl halides is 3. The van der Waals surface area contributed by atoms with E-state index in [1.54, 1.807) is 24.7 Å². The molecule has 0 saturated heterocycles. The summed E-state index contributed by atoms with van der Waals surface area (Å²) in [6.07, 6.45) is -1.02. The van der Waals surface area contributed by atoms with Gasteiger partial charge in [-0.25, -0.2) is 15.0 Å². The summed E-state index contributed by atoms with van der Waals surface area (Å²) in [6, 6.07) is 3.99. The molecule has 0 fully saturated rings. The minimum atomic E-state index is -4.48. The Labute approximate surface area is 189 Å². The van der Waals surface area contributed by atoms with Gasteiger partial charge in [-0.2, -0.15) is 13.2 Å². The fourth-order valence-corrected chi connectivity index (χ4v) is 3.84. The standard InChI is InChI=1S/C23H25F3N6O/c1-12-9-13(23(24,25)26)10-15(33-6)17(12)20-31-19-21(32(20)5)28-11-16(30-19)29-14-7-8-27-18(14)22(2,3)4/h7-11,27H,1-6H3,(H,29,30). The highest BCUT2D eigenvalue weighted by atomic mass is 19.4. The Balaban J connectivity index is 1.78. The van der Waals surface area contributed by atoms with Crippen molar-refractivity contribution < 1.29 is 17.9 Å². The summed E-state index contributed by atoms with van der Waals surface area (Å²) in [5.74, 6) is 1.01. The fourth-order valence-electron chi connectivity index (χ4n) is 3.84. The van der Waals surface area contributed by atoms with Gasteiger partial charge in [-0.15, -0.1) is 0 Å². The highest BCUT2D eigenvalue weighted by Crippen LogP contribution is 2.39. The number of fused-ring (bicyclic) bond motifs is 1. The Morgan fingerprint density at radius 1 is 1.12 bits per heavy atom. The summed E-state index contributed by atoms with van der Waals surface area (Å²) in [6.45, 7) is 7.90. The van der Waals surface area contributed by atoms with E-state index < -0.39 is 11.7 Å². The van der Waals surface area contributed by atoms with E-state index in [1.807, 2.05) is 12.3 Å². The molecular formula is C23H25F3N6O. The largest absolute Gasteiger partial charge is 0.496 e. The zero-order chi connectivity index (χ0) is 24.1. The summed E-state index contributed by atoms with van der Waals surface area (Å²) in [7, 11) is 3.08. The third-order valence-corrected chi connectivity index (χ3v) is 5.41. The van der Waals surface area contributed by atoms with E-state index in [0.717, 1.165) is 23.5 Å². The van der Waals surface area contributed by atoms with Crippen molar-refractivity contribution in [3.05, 3.63) is 47.4 Å². The predicted molar refractivity (Wildman–Crippen MR) is 121 cm³/mol. The molecule has 174 valence electrons. The first kappa shape index (κ1) is 22.6. The van der Waals surface area contributed by atoms with Gasteiger partial charge < -0.3 is 19.6 Å². The lowest BCUT2D eigenvalue weighted by Gasteiger charge is -2.19. The Kier molecular flexibility index (Phi) is 5.34. The molecule has 7 nitrogen and oxygen atoms in total. The van der Waals surface area contributed by atoms with Gasteiger partial charge in [0.15, 0.2) is 17.1 Å². The molecule has 3 aromatic heterocycles. The molecule has 3 heterocycles. The van der Waals surface area contributed by atoms with Crippen molar-refractivity contribution in [2.24, 2.45) is 7.05 Å². The number of imidazole rings is 1. The van der Waals surface area contributed by atoms with Gasteiger partial charge in [-0.05, 0) is 30.7 Å². The van der Waals surface area contributed by atoms with Crippen molar-refractivity contribution in [3.63, 3.8) is 0 Å². The number of methoxy groups -OCH3 is 1. The number of nitrogens with zero attached hydrogens (tertiary/aromatic N) is 4. The number of benzene rings is 1. The van der Waals surface area contributed by atoms with Gasteiger partial charge >= 0.3 is 6.18 Å². The van der Waals surface area contributed by atoms with Gasteiger partial charge in [-0.3, -0.25) is 0 Å². The number of aromatic nitrogens is 5. The first-order valence-electron chi connectivity index (χ1n) is 10.3. The summed E-state index contributed by atoms with van der Waals surface area (Å²) in [5, 5.41) is 3.27. The number of ether oxygens (including phenoxy) is 1. The number of aromatic amines is 1. The third kappa shape index (κ3) is 4.12. The molecular weight excluding hydrogens is 433 g/mol. The smallest absolute Gasteiger partial charge is 0.416 e. The fraction of sp³-hybridized carbons (Fsp3) is 0.348. The zero-order valence-corrected chi connectivity index (χ0v) is 19.2. The monoisotopic (exact) mass is 458 g/mol. The summed E-state index contributed by atoms with van der Waals surface area (Å²) < 4.78 is 46.8. The minimum absolute atomic E-state index is 0.0845. The lowest BCUT2D eigenvalue weighted by molar-refractivity contribution is -0.137. The Bertz CT molecular complexity index is 1330. The average Bonchev–Trinajstić information content (AvgIpc) is 3.31. The first-order valence-corrected chi connectivity index (χ1v) is 10.3. The molecule has 1 aromatic carbocycles. The minimum Gasteiger partial charge on any atom is -0.496 e. The molecule has 0 bridgehead atoms. The lowest BCUT2D eigenvalue weighted by Crippen LogP contribution is -2.13. The molecule has 0 aliphatic rings. The van der Waals surface area contributed by atoms with E-state index in [4.69, 9.17) is 4.74 Å². The van der Waals surface area contributed by atoms with Crippen LogP contribution in [0, 0.1) is 6.92 Å². The van der Waals surface area contributed by atoms with Crippen molar-refractivity contribution in [2.45, 2.75) is 39.3 Å². The van der Waals surface area contributed by atoms with Crippen LogP contribution in [-0.4, -0.2) is 31.6 Å². The number of nitrogens with one attached hydrogen (secondary N) is 2. The molecule has 0 aliphatic heterocycles. The van der Waals surface area contributed by atoms with E-state index in [-0.39, 0.29) is 11.2 Å². The van der Waals surface area contributed by atoms with Crippen LogP contribution >= 0.6 is 0 Å². The molecule has 0 radical (unpaired) electrons. The molecule has 4 aromatic rings. The van der Waals surface area contributed by atoms with Crippen LogP contribution < -0.4 is 10.1 Å².